The van der Waals surface area contributed by atoms with Crippen molar-refractivity contribution in [1.29, 1.82) is 0 Å². The van der Waals surface area contributed by atoms with E-state index in [0.29, 0.717) is 0 Å². The van der Waals surface area contributed by atoms with Gasteiger partial charge in [0, 0.05) is 0 Å². The lowest BCUT2D eigenvalue weighted by Crippen LogP contribution is -1.82. The third kappa shape index (κ3) is 0.484. The van der Waals surface area contributed by atoms with Gasteiger partial charge in [0.05, 0.1) is 0 Å². The number of oxime groups is 1. The van der Waals surface area contributed by atoms with Crippen LogP contribution in [0.2, 0.25) is 0 Å². The summed E-state index contributed by atoms with van der Waals surface area (Å²) in [7, 11) is 0. The van der Waals surface area contributed by atoms with E-state index in [1.807, 2.05) is 0 Å². The van der Waals surface area contributed by atoms with Gasteiger partial charge in [-0.15, -0.1) is 0 Å². The van der Waals surface area contributed by atoms with Crippen molar-refractivity contribution < 1.29 is 10.9 Å². The minimum Gasteiger partial charge on any atom is -0.447 e. The first-order valence-corrected chi connectivity index (χ1v) is 1.42. The Morgan fingerprint density at radius 1 is 1.67 bits per heavy atom. The molecule has 0 spiro atoms. The second kappa shape index (κ2) is 1.45. The third-order valence-corrected chi connectivity index (χ3v) is 0.327. The van der Waals surface area contributed by atoms with Gasteiger partial charge in [-0.2, -0.15) is 0 Å². The molecule has 0 atom stereocenters. The molecule has 0 saturated carbocycles. The average Bonchev–Trinajstić information content (AvgIpc) is 1.69. The Morgan fingerprint density at radius 3 is 3.00 bits per heavy atom. The van der Waals surface area contributed by atoms with E-state index in [1.54, 1.807) is 0 Å². The van der Waals surface area contributed by atoms with E-state index in [2.05, 4.69) is 14.7 Å². The first kappa shape index (κ1) is 2.23. The van der Waals surface area contributed by atoms with Crippen molar-refractivity contribution in [2.45, 2.75) is 0 Å². The monoisotopic (exact) mass is 86.0 g/mol. The van der Waals surface area contributed by atoms with Gasteiger partial charge in [0.15, 0.2) is 6.26 Å². The molecule has 1 rings (SSSR count). The first-order valence-electron chi connectivity index (χ1n) is 1.92. The summed E-state index contributed by atoms with van der Waals surface area (Å²) in [5.41, 5.74) is 0. The molecule has 0 saturated heterocycles. The van der Waals surface area contributed by atoms with Crippen LogP contribution in [-0.4, -0.2) is 6.38 Å². The molecule has 3 heteroatoms. The van der Waals surface area contributed by atoms with Crippen LogP contribution >= 0.6 is 0 Å². The van der Waals surface area contributed by atoms with Gasteiger partial charge in [-0.1, -0.05) is 0 Å². The maximum Gasteiger partial charge on any atom is 0.218 e. The lowest BCUT2D eigenvalue weighted by atomic mass is 11.0. The molecular weight excluding hydrogens is 82.0 g/mol. The number of hydrogen-bond donors (Lipinski definition) is 0. The molecule has 3 nitrogen and oxygen atoms in total. The van der Waals surface area contributed by atoms with E-state index < -0.39 is 0 Å². The quantitative estimate of drug-likeness (QED) is 0.428. The summed E-state index contributed by atoms with van der Waals surface area (Å²) in [4.78, 5) is 4.28. The molecule has 0 aliphatic carbocycles. The summed E-state index contributed by atoms with van der Waals surface area (Å²) in [5, 5.41) is 3.10. The number of rotatable bonds is 0. The van der Waals surface area contributed by atoms with Crippen molar-refractivity contribution in [3.8, 4) is 0 Å². The van der Waals surface area contributed by atoms with Crippen LogP contribution in [0, 0.1) is 0 Å². The second-order valence-corrected chi connectivity index (χ2v) is 0.678. The van der Waals surface area contributed by atoms with Crippen LogP contribution in [0.1, 0.15) is 1.37 Å². The zero-order valence-corrected chi connectivity index (χ0v) is 2.92. The predicted molar refractivity (Wildman–Crippen MR) is 19.8 cm³/mol. The summed E-state index contributed by atoms with van der Waals surface area (Å²) in [6.45, 7) is 0. The largest absolute Gasteiger partial charge is 0.447 e. The maximum absolute atomic E-state index is 6.62. The van der Waals surface area contributed by atoms with Gasteiger partial charge in [-0.3, -0.25) is 0 Å². The van der Waals surface area contributed by atoms with Crippen LogP contribution < -0.4 is 0 Å². The minimum absolute atomic E-state index is 0.220. The fourth-order valence-electron chi connectivity index (χ4n) is 0.157. The van der Waals surface area contributed by atoms with Crippen molar-refractivity contribution >= 4 is 6.38 Å². The third-order valence-electron chi connectivity index (χ3n) is 0.327. The Balaban J connectivity index is 2.50. The highest BCUT2D eigenvalue weighted by molar-refractivity contribution is 5.46. The molecule has 0 aromatic carbocycles. The normalized spacial score (nSPS) is 20.0. The summed E-state index contributed by atoms with van der Waals surface area (Å²) in [6.07, 6.45) is 2.27. The van der Waals surface area contributed by atoms with Crippen molar-refractivity contribution in [2.24, 2.45) is 5.16 Å². The highest BCUT2D eigenvalue weighted by Gasteiger charge is 1.76. The molecule has 1 aliphatic heterocycles. The lowest BCUT2D eigenvalue weighted by molar-refractivity contribution is 0.228. The maximum atomic E-state index is 6.62. The molecule has 32 valence electrons. The van der Waals surface area contributed by atoms with Crippen molar-refractivity contribution in [2.75, 3.05) is 0 Å². The minimum atomic E-state index is -0.220. The Morgan fingerprint density at radius 2 is 2.67 bits per heavy atom. The van der Waals surface area contributed by atoms with E-state index >= 15 is 0 Å². The molecule has 0 N–H and O–H groups in total. The van der Waals surface area contributed by atoms with E-state index in [-0.39, 0.29) is 6.38 Å². The average molecular weight is 86.1 g/mol. The smallest absolute Gasteiger partial charge is 0.218 e. The van der Waals surface area contributed by atoms with Gasteiger partial charge in [0.25, 0.3) is 0 Å². The molecule has 0 bridgehead atoms. The topological polar surface area (TPSA) is 30.8 Å². The number of nitrogens with zero attached hydrogens (tertiary/aromatic N) is 1. The molecule has 0 amide bonds. The number of ether oxygens (including phenoxy) is 1. The Labute approximate surface area is 36.3 Å². The van der Waals surface area contributed by atoms with Crippen LogP contribution in [-0.2, 0) is 9.57 Å². The van der Waals surface area contributed by atoms with Gasteiger partial charge < -0.3 is 9.57 Å². The van der Waals surface area contributed by atoms with Crippen LogP contribution in [0.4, 0.5) is 0 Å². The zero-order valence-electron chi connectivity index (χ0n) is 3.92. The van der Waals surface area contributed by atoms with E-state index in [1.165, 1.54) is 12.5 Å². The van der Waals surface area contributed by atoms with Crippen molar-refractivity contribution in [1.82, 2.24) is 0 Å². The molecular formula is C3H3NO2. The summed E-state index contributed by atoms with van der Waals surface area (Å²) in [5.74, 6) is 0. The molecule has 0 radical (unpaired) electrons. The Bertz CT molecular complexity index is 120. The van der Waals surface area contributed by atoms with Crippen LogP contribution in [0.5, 0.6) is 0 Å². The van der Waals surface area contributed by atoms with E-state index in [0.717, 1.165) is 0 Å². The van der Waals surface area contributed by atoms with Gasteiger partial charge in [-0.05, 0) is 5.16 Å². The fourth-order valence-corrected chi connectivity index (χ4v) is 0.157. The van der Waals surface area contributed by atoms with Crippen molar-refractivity contribution in [3.63, 3.8) is 0 Å². The highest BCUT2D eigenvalue weighted by Crippen LogP contribution is 1.84. The second-order valence-electron chi connectivity index (χ2n) is 0.678. The SMILES string of the molecule is [2H]C1=NOC=CO1. The fraction of sp³-hybridized carbons (Fsp3) is 0. The van der Waals surface area contributed by atoms with Crippen LogP contribution in [0.15, 0.2) is 17.7 Å². The summed E-state index contributed by atoms with van der Waals surface area (Å²) < 4.78 is 11.0. The molecule has 1 aliphatic rings. The van der Waals surface area contributed by atoms with Crippen molar-refractivity contribution in [3.05, 3.63) is 12.5 Å². The summed E-state index contributed by atoms with van der Waals surface area (Å²) in [6, 6.07) is 0. The van der Waals surface area contributed by atoms with Gasteiger partial charge >= 0.3 is 0 Å². The standard InChI is InChI=1S/C3H3NO2/c1-2-6-4-3-5-1/h1-3H/i3D. The van der Waals surface area contributed by atoms with E-state index in [4.69, 9.17) is 1.37 Å². The van der Waals surface area contributed by atoms with Gasteiger partial charge in [0.2, 0.25) is 6.38 Å². The van der Waals surface area contributed by atoms with Gasteiger partial charge in [0.1, 0.15) is 7.63 Å². The molecule has 6 heavy (non-hydrogen) atoms. The molecule has 0 aromatic heterocycles. The van der Waals surface area contributed by atoms with Crippen LogP contribution in [0.3, 0.4) is 0 Å². The van der Waals surface area contributed by atoms with Crippen LogP contribution in [0.25, 0.3) is 0 Å². The Kier molecular flexibility index (Phi) is 0.538. The highest BCUT2D eigenvalue weighted by atomic mass is 16.7. The number of hydrogen-bond acceptors (Lipinski definition) is 3. The predicted octanol–water partition coefficient (Wildman–Crippen LogP) is 0.448. The molecule has 1 heterocycles. The van der Waals surface area contributed by atoms with E-state index in [9.17, 15) is 0 Å². The summed E-state index contributed by atoms with van der Waals surface area (Å²) >= 11 is 0. The molecule has 0 unspecified atom stereocenters. The molecule has 0 aromatic rings. The Hall–Kier alpha value is -0.990. The lowest BCUT2D eigenvalue weighted by Gasteiger charge is -1.92. The van der Waals surface area contributed by atoms with Gasteiger partial charge in [-0.25, -0.2) is 0 Å². The molecule has 0 fully saturated rings. The first-order chi connectivity index (χ1) is 3.39. The zero-order chi connectivity index (χ0) is 5.11.